The molecule has 3 rings (SSSR count). The SMILES string of the molecule is COCCNC(=O)[C@H]1CN(c2cc(OC)ncn2)Cc2ccnn21. The minimum absolute atomic E-state index is 0.0947. The molecule has 0 saturated heterocycles. The molecule has 0 fully saturated rings. The average molecular weight is 332 g/mol. The number of amides is 1. The lowest BCUT2D eigenvalue weighted by atomic mass is 10.1. The lowest BCUT2D eigenvalue weighted by Gasteiger charge is -2.33. The molecule has 1 aliphatic heterocycles. The van der Waals surface area contributed by atoms with E-state index in [1.165, 1.54) is 6.33 Å². The largest absolute Gasteiger partial charge is 0.481 e. The van der Waals surface area contributed by atoms with Crippen LogP contribution < -0.4 is 15.0 Å². The zero-order valence-corrected chi connectivity index (χ0v) is 13.7. The molecule has 0 bridgehead atoms. The van der Waals surface area contributed by atoms with Crippen LogP contribution in [-0.4, -0.2) is 59.6 Å². The molecule has 0 unspecified atom stereocenters. The van der Waals surface area contributed by atoms with Crippen LogP contribution >= 0.6 is 0 Å². The highest BCUT2D eigenvalue weighted by Gasteiger charge is 2.31. The van der Waals surface area contributed by atoms with Gasteiger partial charge in [0.05, 0.1) is 32.5 Å². The van der Waals surface area contributed by atoms with E-state index in [1.807, 2.05) is 11.0 Å². The van der Waals surface area contributed by atoms with E-state index in [2.05, 4.69) is 20.4 Å². The van der Waals surface area contributed by atoms with Crippen molar-refractivity contribution in [3.63, 3.8) is 0 Å². The number of aromatic nitrogens is 4. The van der Waals surface area contributed by atoms with Crippen LogP contribution in [0, 0.1) is 0 Å². The van der Waals surface area contributed by atoms with E-state index in [0.29, 0.717) is 37.9 Å². The van der Waals surface area contributed by atoms with Crippen LogP contribution in [-0.2, 0) is 16.1 Å². The Morgan fingerprint density at radius 3 is 3.08 bits per heavy atom. The molecule has 0 saturated carbocycles. The summed E-state index contributed by atoms with van der Waals surface area (Å²) in [7, 11) is 3.16. The summed E-state index contributed by atoms with van der Waals surface area (Å²) in [5.74, 6) is 1.10. The van der Waals surface area contributed by atoms with Crippen molar-refractivity contribution in [3.05, 3.63) is 30.4 Å². The van der Waals surface area contributed by atoms with Crippen LogP contribution in [0.15, 0.2) is 24.7 Å². The highest BCUT2D eigenvalue weighted by atomic mass is 16.5. The lowest BCUT2D eigenvalue weighted by molar-refractivity contribution is -0.124. The number of carbonyl (C=O) groups is 1. The van der Waals surface area contributed by atoms with Gasteiger partial charge in [-0.2, -0.15) is 5.10 Å². The number of anilines is 1. The van der Waals surface area contributed by atoms with Crippen molar-refractivity contribution in [1.29, 1.82) is 0 Å². The maximum absolute atomic E-state index is 12.5. The van der Waals surface area contributed by atoms with Crippen molar-refractivity contribution in [1.82, 2.24) is 25.1 Å². The monoisotopic (exact) mass is 332 g/mol. The van der Waals surface area contributed by atoms with E-state index < -0.39 is 6.04 Å². The van der Waals surface area contributed by atoms with Gasteiger partial charge in [0.25, 0.3) is 0 Å². The van der Waals surface area contributed by atoms with Crippen LogP contribution in [0.4, 0.5) is 5.82 Å². The predicted octanol–water partition coefficient (Wildman–Crippen LogP) is 0.00560. The van der Waals surface area contributed by atoms with Crippen molar-refractivity contribution >= 4 is 11.7 Å². The molecule has 9 nitrogen and oxygen atoms in total. The topological polar surface area (TPSA) is 94.4 Å². The maximum atomic E-state index is 12.5. The molecule has 0 aromatic carbocycles. The Balaban J connectivity index is 1.81. The van der Waals surface area contributed by atoms with Crippen LogP contribution in [0.25, 0.3) is 0 Å². The van der Waals surface area contributed by atoms with Gasteiger partial charge in [-0.15, -0.1) is 0 Å². The number of hydrogen-bond acceptors (Lipinski definition) is 7. The fourth-order valence-electron chi connectivity index (χ4n) is 2.67. The average Bonchev–Trinajstić information content (AvgIpc) is 3.09. The predicted molar refractivity (Wildman–Crippen MR) is 85.8 cm³/mol. The molecule has 2 aromatic heterocycles. The third kappa shape index (κ3) is 3.30. The van der Waals surface area contributed by atoms with Crippen molar-refractivity contribution in [2.45, 2.75) is 12.6 Å². The molecule has 1 atom stereocenters. The van der Waals surface area contributed by atoms with E-state index in [9.17, 15) is 4.79 Å². The van der Waals surface area contributed by atoms with E-state index in [-0.39, 0.29) is 5.91 Å². The molecule has 24 heavy (non-hydrogen) atoms. The molecule has 0 aliphatic carbocycles. The number of methoxy groups -OCH3 is 2. The van der Waals surface area contributed by atoms with Crippen LogP contribution in [0.5, 0.6) is 5.88 Å². The number of ether oxygens (including phenoxy) is 2. The lowest BCUT2D eigenvalue weighted by Crippen LogP contribution is -2.46. The second-order valence-electron chi connectivity index (χ2n) is 5.37. The zero-order valence-electron chi connectivity index (χ0n) is 13.7. The van der Waals surface area contributed by atoms with Gasteiger partial charge in [-0.3, -0.25) is 9.48 Å². The van der Waals surface area contributed by atoms with Gasteiger partial charge in [-0.05, 0) is 6.07 Å². The second kappa shape index (κ2) is 7.26. The first-order chi connectivity index (χ1) is 11.7. The number of hydrogen-bond donors (Lipinski definition) is 1. The van der Waals surface area contributed by atoms with Gasteiger partial charge in [-0.1, -0.05) is 0 Å². The highest BCUT2D eigenvalue weighted by molar-refractivity contribution is 5.81. The molecule has 0 radical (unpaired) electrons. The smallest absolute Gasteiger partial charge is 0.246 e. The molecule has 1 aliphatic rings. The van der Waals surface area contributed by atoms with E-state index in [4.69, 9.17) is 9.47 Å². The minimum Gasteiger partial charge on any atom is -0.481 e. The first kappa shape index (κ1) is 16.2. The molecule has 128 valence electrons. The number of fused-ring (bicyclic) bond motifs is 1. The summed E-state index contributed by atoms with van der Waals surface area (Å²) in [5.41, 5.74) is 0.950. The number of rotatable bonds is 6. The molecule has 3 heterocycles. The summed E-state index contributed by atoms with van der Waals surface area (Å²) in [5, 5.41) is 7.16. The Hall–Kier alpha value is -2.68. The highest BCUT2D eigenvalue weighted by Crippen LogP contribution is 2.25. The van der Waals surface area contributed by atoms with Crippen molar-refractivity contribution in [2.75, 3.05) is 38.8 Å². The van der Waals surface area contributed by atoms with Gasteiger partial charge >= 0.3 is 0 Å². The third-order valence-corrected chi connectivity index (χ3v) is 3.86. The fraction of sp³-hybridized carbons (Fsp3) is 0.467. The standard InChI is InChI=1S/C15H20N6O3/c1-23-6-5-16-15(22)12-9-20(8-11-3-4-19-21(11)12)13-7-14(24-2)18-10-17-13/h3-4,7,10,12H,5-6,8-9H2,1-2H3,(H,16,22)/t12-/m1/s1. The first-order valence-electron chi connectivity index (χ1n) is 7.63. The summed E-state index contributed by atoms with van der Waals surface area (Å²) in [6.07, 6.45) is 3.16. The molecule has 2 aromatic rings. The maximum Gasteiger partial charge on any atom is 0.246 e. The molecular formula is C15H20N6O3. The minimum atomic E-state index is -0.429. The Bertz CT molecular complexity index is 704. The van der Waals surface area contributed by atoms with E-state index >= 15 is 0 Å². The van der Waals surface area contributed by atoms with Crippen molar-refractivity contribution in [3.8, 4) is 5.88 Å². The normalized spacial score (nSPS) is 16.6. The zero-order chi connectivity index (χ0) is 16.9. The summed E-state index contributed by atoms with van der Waals surface area (Å²) in [4.78, 5) is 22.8. The second-order valence-corrected chi connectivity index (χ2v) is 5.37. The summed E-state index contributed by atoms with van der Waals surface area (Å²) >= 11 is 0. The van der Waals surface area contributed by atoms with Gasteiger partial charge in [0.2, 0.25) is 11.8 Å². The van der Waals surface area contributed by atoms with Gasteiger partial charge in [0.1, 0.15) is 18.2 Å². The molecule has 1 amide bonds. The van der Waals surface area contributed by atoms with Gasteiger partial charge in [-0.25, -0.2) is 9.97 Å². The summed E-state index contributed by atoms with van der Waals surface area (Å²) in [6, 6.07) is 3.23. The number of nitrogens with zero attached hydrogens (tertiary/aromatic N) is 5. The quantitative estimate of drug-likeness (QED) is 0.744. The van der Waals surface area contributed by atoms with E-state index in [1.54, 1.807) is 31.2 Å². The molecule has 1 N–H and O–H groups in total. The first-order valence-corrected chi connectivity index (χ1v) is 7.63. The Morgan fingerprint density at radius 2 is 2.29 bits per heavy atom. The fourth-order valence-corrected chi connectivity index (χ4v) is 2.67. The van der Waals surface area contributed by atoms with E-state index in [0.717, 1.165) is 5.69 Å². The summed E-state index contributed by atoms with van der Waals surface area (Å²) < 4.78 is 11.9. The van der Waals surface area contributed by atoms with Crippen LogP contribution in [0.2, 0.25) is 0 Å². The molecule has 9 heteroatoms. The molecular weight excluding hydrogens is 312 g/mol. The Kier molecular flexibility index (Phi) is 4.90. The van der Waals surface area contributed by atoms with Crippen molar-refractivity contribution in [2.24, 2.45) is 0 Å². The third-order valence-electron chi connectivity index (χ3n) is 3.86. The van der Waals surface area contributed by atoms with Crippen molar-refractivity contribution < 1.29 is 14.3 Å². The Morgan fingerprint density at radius 1 is 1.42 bits per heavy atom. The number of nitrogens with one attached hydrogen (secondary N) is 1. The van der Waals surface area contributed by atoms with Gasteiger partial charge in [0.15, 0.2) is 0 Å². The number of carbonyl (C=O) groups excluding carboxylic acids is 1. The van der Waals surface area contributed by atoms with Gasteiger partial charge in [0, 0.05) is 25.9 Å². The molecule has 0 spiro atoms. The summed E-state index contributed by atoms with van der Waals surface area (Å²) in [6.45, 7) is 2.01. The van der Waals surface area contributed by atoms with Crippen LogP contribution in [0.3, 0.4) is 0 Å². The Labute approximate surface area is 139 Å². The van der Waals surface area contributed by atoms with Crippen LogP contribution in [0.1, 0.15) is 11.7 Å². The van der Waals surface area contributed by atoms with Gasteiger partial charge < -0.3 is 19.7 Å².